The van der Waals surface area contributed by atoms with Crippen molar-refractivity contribution in [1.82, 2.24) is 14.8 Å². The van der Waals surface area contributed by atoms with Gasteiger partial charge in [0.05, 0.1) is 0 Å². The minimum absolute atomic E-state index is 0.0311. The van der Waals surface area contributed by atoms with Crippen LogP contribution in [-0.2, 0) is 6.54 Å². The predicted molar refractivity (Wildman–Crippen MR) is 117 cm³/mol. The Kier molecular flexibility index (Phi) is 6.07. The first kappa shape index (κ1) is 20.1. The van der Waals surface area contributed by atoms with Gasteiger partial charge in [-0.05, 0) is 41.0 Å². The minimum atomic E-state index is -0.693. The number of nitrogens with two attached hydrogens (primary N) is 1. The van der Waals surface area contributed by atoms with E-state index in [-0.39, 0.29) is 5.91 Å². The van der Waals surface area contributed by atoms with Crippen molar-refractivity contribution < 1.29 is 9.90 Å². The SMILES string of the molecule is Nc1cc(CN2CCN(C(=O)c3ccc(C(O)c4ccccc4)cc3)CC2)ccn1. The Morgan fingerprint density at radius 2 is 1.63 bits per heavy atom. The van der Waals surface area contributed by atoms with E-state index in [9.17, 15) is 9.90 Å². The number of nitrogens with zero attached hydrogens (tertiary/aromatic N) is 3. The van der Waals surface area contributed by atoms with Crippen LogP contribution in [0.2, 0.25) is 0 Å². The number of aliphatic hydroxyl groups excluding tert-OH is 1. The smallest absolute Gasteiger partial charge is 0.253 e. The van der Waals surface area contributed by atoms with Crippen molar-refractivity contribution in [3.63, 3.8) is 0 Å². The van der Waals surface area contributed by atoms with Gasteiger partial charge < -0.3 is 15.7 Å². The summed E-state index contributed by atoms with van der Waals surface area (Å²) in [6.45, 7) is 3.82. The molecule has 1 atom stereocenters. The number of aromatic nitrogens is 1. The van der Waals surface area contributed by atoms with Crippen molar-refractivity contribution in [1.29, 1.82) is 0 Å². The number of hydrogen-bond acceptors (Lipinski definition) is 5. The van der Waals surface area contributed by atoms with E-state index in [2.05, 4.69) is 9.88 Å². The average molecular weight is 402 g/mol. The summed E-state index contributed by atoms with van der Waals surface area (Å²) in [5.74, 6) is 0.561. The fraction of sp³-hybridized carbons (Fsp3) is 0.250. The number of rotatable bonds is 5. The van der Waals surface area contributed by atoms with Crippen molar-refractivity contribution in [3.05, 3.63) is 95.2 Å². The molecule has 1 amide bonds. The van der Waals surface area contributed by atoms with Crippen molar-refractivity contribution in [3.8, 4) is 0 Å². The molecule has 0 spiro atoms. The molecule has 2 heterocycles. The number of benzene rings is 2. The van der Waals surface area contributed by atoms with E-state index in [1.165, 1.54) is 0 Å². The molecule has 0 bridgehead atoms. The highest BCUT2D eigenvalue weighted by Crippen LogP contribution is 2.22. The second kappa shape index (κ2) is 9.07. The van der Waals surface area contributed by atoms with Crippen LogP contribution in [-0.4, -0.2) is 52.0 Å². The van der Waals surface area contributed by atoms with Gasteiger partial charge >= 0.3 is 0 Å². The molecule has 1 unspecified atom stereocenters. The molecule has 1 saturated heterocycles. The summed E-state index contributed by atoms with van der Waals surface area (Å²) < 4.78 is 0. The molecule has 154 valence electrons. The highest BCUT2D eigenvalue weighted by atomic mass is 16.3. The molecule has 3 N–H and O–H groups in total. The van der Waals surface area contributed by atoms with Gasteiger partial charge in [0.25, 0.3) is 5.91 Å². The quantitative estimate of drug-likeness (QED) is 0.686. The summed E-state index contributed by atoms with van der Waals surface area (Å²) in [7, 11) is 0. The lowest BCUT2D eigenvalue weighted by molar-refractivity contribution is 0.0628. The molecule has 3 aromatic rings. The van der Waals surface area contributed by atoms with E-state index < -0.39 is 6.10 Å². The molecule has 6 heteroatoms. The summed E-state index contributed by atoms with van der Waals surface area (Å²) >= 11 is 0. The number of amides is 1. The number of anilines is 1. The largest absolute Gasteiger partial charge is 0.384 e. The van der Waals surface area contributed by atoms with Crippen LogP contribution in [0.3, 0.4) is 0 Å². The zero-order valence-electron chi connectivity index (χ0n) is 16.8. The van der Waals surface area contributed by atoms with E-state index in [0.29, 0.717) is 24.5 Å². The van der Waals surface area contributed by atoms with Crippen LogP contribution < -0.4 is 5.73 Å². The molecule has 4 rings (SSSR count). The molecule has 1 aliphatic rings. The monoisotopic (exact) mass is 402 g/mol. The Morgan fingerprint density at radius 1 is 0.967 bits per heavy atom. The number of piperazine rings is 1. The predicted octanol–water partition coefficient (Wildman–Crippen LogP) is 2.70. The molecule has 2 aromatic carbocycles. The fourth-order valence-electron chi connectivity index (χ4n) is 3.78. The van der Waals surface area contributed by atoms with E-state index in [1.807, 2.05) is 59.5 Å². The topological polar surface area (TPSA) is 82.7 Å². The van der Waals surface area contributed by atoms with Gasteiger partial charge in [-0.3, -0.25) is 9.69 Å². The summed E-state index contributed by atoms with van der Waals surface area (Å²) in [6.07, 6.45) is 1.03. The van der Waals surface area contributed by atoms with E-state index in [1.54, 1.807) is 18.3 Å². The molecule has 1 aliphatic heterocycles. The maximum atomic E-state index is 12.9. The van der Waals surface area contributed by atoms with Gasteiger partial charge in [0.1, 0.15) is 11.9 Å². The summed E-state index contributed by atoms with van der Waals surface area (Å²) in [5, 5.41) is 10.5. The molecule has 0 saturated carbocycles. The van der Waals surface area contributed by atoms with Crippen molar-refractivity contribution >= 4 is 11.7 Å². The van der Waals surface area contributed by atoms with Gasteiger partial charge in [-0.1, -0.05) is 42.5 Å². The molecule has 30 heavy (non-hydrogen) atoms. The highest BCUT2D eigenvalue weighted by Gasteiger charge is 2.22. The van der Waals surface area contributed by atoms with E-state index >= 15 is 0 Å². The Bertz CT molecular complexity index is 984. The van der Waals surface area contributed by atoms with Crippen molar-refractivity contribution in [2.75, 3.05) is 31.9 Å². The molecular weight excluding hydrogens is 376 g/mol. The molecule has 0 aliphatic carbocycles. The van der Waals surface area contributed by atoms with Crippen LogP contribution in [0.15, 0.2) is 72.9 Å². The lowest BCUT2D eigenvalue weighted by atomic mass is 10.00. The summed E-state index contributed by atoms with van der Waals surface area (Å²) in [5.41, 5.74) is 9.15. The average Bonchev–Trinajstić information content (AvgIpc) is 2.79. The standard InChI is InChI=1S/C24H26N4O2/c25-22-16-18(10-11-26-22)17-27-12-14-28(15-13-27)24(30)21-8-6-20(7-9-21)23(29)19-4-2-1-3-5-19/h1-11,16,23,29H,12-15,17H2,(H2,25,26). The van der Waals surface area contributed by atoms with Gasteiger partial charge in [0, 0.05) is 44.5 Å². The van der Waals surface area contributed by atoms with Crippen LogP contribution in [0, 0.1) is 0 Å². The van der Waals surface area contributed by atoms with E-state index in [0.717, 1.165) is 36.3 Å². The molecule has 1 aromatic heterocycles. The van der Waals surface area contributed by atoms with Crippen LogP contribution in [0.5, 0.6) is 0 Å². The maximum absolute atomic E-state index is 12.9. The van der Waals surface area contributed by atoms with Crippen molar-refractivity contribution in [2.24, 2.45) is 0 Å². The zero-order valence-corrected chi connectivity index (χ0v) is 16.8. The third kappa shape index (κ3) is 4.67. The second-order valence-corrected chi connectivity index (χ2v) is 7.59. The first-order valence-electron chi connectivity index (χ1n) is 10.1. The Balaban J connectivity index is 1.34. The molecule has 1 fully saturated rings. The molecular formula is C24H26N4O2. The number of carbonyl (C=O) groups excluding carboxylic acids is 1. The number of pyridine rings is 1. The van der Waals surface area contributed by atoms with Gasteiger partial charge in [-0.2, -0.15) is 0 Å². The van der Waals surface area contributed by atoms with Gasteiger partial charge in [0.2, 0.25) is 0 Å². The first-order valence-corrected chi connectivity index (χ1v) is 10.1. The van der Waals surface area contributed by atoms with Gasteiger partial charge in [-0.15, -0.1) is 0 Å². The summed E-state index contributed by atoms with van der Waals surface area (Å²) in [4.78, 5) is 21.1. The normalized spacial score (nSPS) is 15.7. The van der Waals surface area contributed by atoms with E-state index in [4.69, 9.17) is 5.73 Å². The lowest BCUT2D eigenvalue weighted by Gasteiger charge is -2.34. The van der Waals surface area contributed by atoms with Crippen molar-refractivity contribution in [2.45, 2.75) is 12.6 Å². The van der Waals surface area contributed by atoms with Crippen LogP contribution in [0.1, 0.15) is 33.2 Å². The van der Waals surface area contributed by atoms with Crippen LogP contribution in [0.25, 0.3) is 0 Å². The highest BCUT2D eigenvalue weighted by molar-refractivity contribution is 5.94. The molecule has 0 radical (unpaired) electrons. The Morgan fingerprint density at radius 3 is 2.30 bits per heavy atom. The second-order valence-electron chi connectivity index (χ2n) is 7.59. The lowest BCUT2D eigenvalue weighted by Crippen LogP contribution is -2.48. The van der Waals surface area contributed by atoms with Crippen LogP contribution in [0.4, 0.5) is 5.82 Å². The van der Waals surface area contributed by atoms with Gasteiger partial charge in [0.15, 0.2) is 0 Å². The number of aliphatic hydroxyl groups is 1. The third-order valence-corrected chi connectivity index (χ3v) is 5.50. The number of hydrogen-bond donors (Lipinski definition) is 2. The number of carbonyl (C=O) groups is 1. The van der Waals surface area contributed by atoms with Crippen LogP contribution >= 0.6 is 0 Å². The Labute approximate surface area is 176 Å². The first-order chi connectivity index (χ1) is 14.6. The summed E-state index contributed by atoms with van der Waals surface area (Å²) in [6, 6.07) is 20.6. The molecule has 6 nitrogen and oxygen atoms in total. The number of nitrogen functional groups attached to an aromatic ring is 1. The third-order valence-electron chi connectivity index (χ3n) is 5.50. The Hall–Kier alpha value is -3.22. The maximum Gasteiger partial charge on any atom is 0.253 e. The minimum Gasteiger partial charge on any atom is -0.384 e. The van der Waals surface area contributed by atoms with Gasteiger partial charge in [-0.25, -0.2) is 4.98 Å². The fourth-order valence-corrected chi connectivity index (χ4v) is 3.78. The zero-order chi connectivity index (χ0) is 20.9.